The molecule has 0 aliphatic carbocycles. The second kappa shape index (κ2) is 9.35. The smallest absolute Gasteiger partial charge is 0.313 e. The van der Waals surface area contributed by atoms with Gasteiger partial charge in [0.05, 0.1) is 18.6 Å². The molecule has 0 fully saturated rings. The van der Waals surface area contributed by atoms with Crippen molar-refractivity contribution in [2.24, 2.45) is 7.05 Å². The van der Waals surface area contributed by atoms with Crippen LogP contribution in [0.3, 0.4) is 0 Å². The van der Waals surface area contributed by atoms with Crippen molar-refractivity contribution in [3.05, 3.63) is 77.9 Å². The first-order valence-electron chi connectivity index (χ1n) is 10.00. The number of hydrogen-bond acceptors (Lipinski definition) is 5. The van der Waals surface area contributed by atoms with Gasteiger partial charge in [-0.1, -0.05) is 24.3 Å². The maximum atomic E-state index is 12.7. The largest absolute Gasteiger partial charge is 0.497 e. The second-order valence-corrected chi connectivity index (χ2v) is 7.85. The Labute approximate surface area is 186 Å². The fraction of sp³-hybridized carbons (Fsp3) is 0.250. The van der Waals surface area contributed by atoms with E-state index >= 15 is 0 Å². The molecule has 0 saturated carbocycles. The number of carbonyl (C=O) groups is 2. The molecule has 0 spiro atoms. The van der Waals surface area contributed by atoms with E-state index in [-0.39, 0.29) is 0 Å². The summed E-state index contributed by atoms with van der Waals surface area (Å²) in [4.78, 5) is 29.6. The zero-order valence-corrected chi connectivity index (χ0v) is 18.4. The molecule has 3 aromatic rings. The first-order valence-corrected chi connectivity index (χ1v) is 10.00. The third-order valence-corrected chi connectivity index (χ3v) is 5.17. The van der Waals surface area contributed by atoms with Crippen LogP contribution in [-0.2, 0) is 22.1 Å². The highest BCUT2D eigenvalue weighted by Crippen LogP contribution is 2.25. The number of ether oxygens (including phenoxy) is 1. The second-order valence-electron chi connectivity index (χ2n) is 7.85. The van der Waals surface area contributed by atoms with Crippen LogP contribution in [0.1, 0.15) is 36.8 Å². The molecule has 2 aromatic carbocycles. The van der Waals surface area contributed by atoms with E-state index in [0.29, 0.717) is 17.3 Å². The molecular formula is C24H25N5O3. The van der Waals surface area contributed by atoms with Crippen LogP contribution in [0, 0.1) is 11.3 Å². The van der Waals surface area contributed by atoms with E-state index in [4.69, 9.17) is 4.74 Å². The monoisotopic (exact) mass is 431 g/mol. The summed E-state index contributed by atoms with van der Waals surface area (Å²) in [7, 11) is 3.37. The molecule has 164 valence electrons. The van der Waals surface area contributed by atoms with Gasteiger partial charge in [0, 0.05) is 25.1 Å². The van der Waals surface area contributed by atoms with Crippen LogP contribution in [-0.4, -0.2) is 28.5 Å². The van der Waals surface area contributed by atoms with Gasteiger partial charge in [0.25, 0.3) is 0 Å². The number of amides is 2. The molecule has 0 radical (unpaired) electrons. The lowest BCUT2D eigenvalue weighted by atomic mass is 9.86. The lowest BCUT2D eigenvalue weighted by Gasteiger charge is -2.19. The van der Waals surface area contributed by atoms with Crippen molar-refractivity contribution in [3.63, 3.8) is 0 Å². The quantitative estimate of drug-likeness (QED) is 0.583. The van der Waals surface area contributed by atoms with Crippen molar-refractivity contribution < 1.29 is 14.3 Å². The van der Waals surface area contributed by atoms with Gasteiger partial charge in [-0.3, -0.25) is 9.59 Å². The van der Waals surface area contributed by atoms with Crippen molar-refractivity contribution in [1.82, 2.24) is 14.9 Å². The minimum absolute atomic E-state index is 0.456. The summed E-state index contributed by atoms with van der Waals surface area (Å²) in [5, 5.41) is 14.6. The highest BCUT2D eigenvalue weighted by Gasteiger charge is 2.25. The summed E-state index contributed by atoms with van der Waals surface area (Å²) < 4.78 is 7.06. The predicted molar refractivity (Wildman–Crippen MR) is 120 cm³/mol. The first-order chi connectivity index (χ1) is 15.2. The summed E-state index contributed by atoms with van der Waals surface area (Å²) in [6, 6.07) is 15.6. The molecule has 32 heavy (non-hydrogen) atoms. The SMILES string of the molecule is COc1cccc(C(NC(=O)C(=O)Nc2ccc(C(C)(C)C#N)cc2)c2nccn2C)c1. The van der Waals surface area contributed by atoms with E-state index in [1.165, 1.54) is 0 Å². The third-order valence-electron chi connectivity index (χ3n) is 5.17. The van der Waals surface area contributed by atoms with E-state index in [2.05, 4.69) is 21.7 Å². The molecule has 0 saturated heterocycles. The lowest BCUT2D eigenvalue weighted by molar-refractivity contribution is -0.136. The molecular weight excluding hydrogens is 406 g/mol. The molecule has 0 bridgehead atoms. The maximum absolute atomic E-state index is 12.7. The zero-order chi connectivity index (χ0) is 23.3. The maximum Gasteiger partial charge on any atom is 0.313 e. The van der Waals surface area contributed by atoms with Crippen molar-refractivity contribution in [3.8, 4) is 11.8 Å². The van der Waals surface area contributed by atoms with Crippen LogP contribution in [0.5, 0.6) is 5.75 Å². The average Bonchev–Trinajstić information content (AvgIpc) is 3.23. The molecule has 1 aromatic heterocycles. The van der Waals surface area contributed by atoms with Gasteiger partial charge in [-0.2, -0.15) is 5.26 Å². The minimum Gasteiger partial charge on any atom is -0.497 e. The van der Waals surface area contributed by atoms with Gasteiger partial charge < -0.3 is 19.9 Å². The molecule has 3 rings (SSSR count). The Kier molecular flexibility index (Phi) is 6.59. The van der Waals surface area contributed by atoms with E-state index in [0.717, 1.165) is 11.1 Å². The highest BCUT2D eigenvalue weighted by atomic mass is 16.5. The van der Waals surface area contributed by atoms with Crippen molar-refractivity contribution in [2.45, 2.75) is 25.3 Å². The third kappa shape index (κ3) is 4.95. The number of nitriles is 1. The summed E-state index contributed by atoms with van der Waals surface area (Å²) >= 11 is 0. The van der Waals surface area contributed by atoms with Crippen LogP contribution in [0.25, 0.3) is 0 Å². The number of rotatable bonds is 6. The topological polar surface area (TPSA) is 109 Å². The van der Waals surface area contributed by atoms with Crippen molar-refractivity contribution in [2.75, 3.05) is 12.4 Å². The van der Waals surface area contributed by atoms with E-state index in [9.17, 15) is 14.9 Å². The Bertz CT molecular complexity index is 1160. The van der Waals surface area contributed by atoms with Crippen molar-refractivity contribution in [1.29, 1.82) is 5.26 Å². The number of aryl methyl sites for hydroxylation is 1. The average molecular weight is 431 g/mol. The molecule has 0 aliphatic rings. The Balaban J connectivity index is 1.78. The van der Waals surface area contributed by atoms with Crippen LogP contribution >= 0.6 is 0 Å². The number of nitrogens with zero attached hydrogens (tertiary/aromatic N) is 3. The number of benzene rings is 2. The van der Waals surface area contributed by atoms with Gasteiger partial charge in [0.2, 0.25) is 0 Å². The molecule has 8 nitrogen and oxygen atoms in total. The zero-order valence-electron chi connectivity index (χ0n) is 18.4. The summed E-state index contributed by atoms with van der Waals surface area (Å²) in [5.74, 6) is -0.412. The first kappa shape index (κ1) is 22.6. The molecule has 0 aliphatic heterocycles. The lowest BCUT2D eigenvalue weighted by Crippen LogP contribution is -2.39. The van der Waals surface area contributed by atoms with E-state index < -0.39 is 23.3 Å². The van der Waals surface area contributed by atoms with Gasteiger partial charge >= 0.3 is 11.8 Å². The minimum atomic E-state index is -0.806. The molecule has 2 amide bonds. The summed E-state index contributed by atoms with van der Waals surface area (Å²) in [5.41, 5.74) is 1.35. The number of carbonyl (C=O) groups excluding carboxylic acids is 2. The van der Waals surface area contributed by atoms with Gasteiger partial charge in [0.1, 0.15) is 17.6 Å². The highest BCUT2D eigenvalue weighted by molar-refractivity contribution is 6.39. The van der Waals surface area contributed by atoms with E-state index in [1.54, 1.807) is 66.5 Å². The molecule has 8 heteroatoms. The molecule has 1 atom stereocenters. The number of anilines is 1. The number of methoxy groups -OCH3 is 1. The number of hydrogen-bond donors (Lipinski definition) is 2. The number of nitrogens with one attached hydrogen (secondary N) is 2. The van der Waals surface area contributed by atoms with E-state index in [1.807, 2.05) is 27.0 Å². The van der Waals surface area contributed by atoms with Gasteiger partial charge in [0.15, 0.2) is 0 Å². The van der Waals surface area contributed by atoms with Crippen LogP contribution in [0.15, 0.2) is 60.9 Å². The fourth-order valence-electron chi connectivity index (χ4n) is 3.19. The normalized spacial score (nSPS) is 11.8. The van der Waals surface area contributed by atoms with Crippen LogP contribution in [0.4, 0.5) is 5.69 Å². The Hall–Kier alpha value is -4.12. The van der Waals surface area contributed by atoms with Crippen LogP contribution < -0.4 is 15.4 Å². The summed E-state index contributed by atoms with van der Waals surface area (Å²) in [6.45, 7) is 3.62. The number of aromatic nitrogens is 2. The summed E-state index contributed by atoms with van der Waals surface area (Å²) in [6.07, 6.45) is 3.39. The fourth-order valence-corrected chi connectivity index (χ4v) is 3.19. The number of imidazole rings is 1. The van der Waals surface area contributed by atoms with Gasteiger partial charge in [-0.15, -0.1) is 0 Å². The Morgan fingerprint density at radius 2 is 1.88 bits per heavy atom. The Morgan fingerprint density at radius 1 is 1.16 bits per heavy atom. The van der Waals surface area contributed by atoms with Crippen molar-refractivity contribution >= 4 is 17.5 Å². The molecule has 1 heterocycles. The molecule has 1 unspecified atom stereocenters. The molecule has 2 N–H and O–H groups in total. The van der Waals surface area contributed by atoms with Gasteiger partial charge in [-0.05, 0) is 49.2 Å². The van der Waals surface area contributed by atoms with Gasteiger partial charge in [-0.25, -0.2) is 4.98 Å². The van der Waals surface area contributed by atoms with Crippen LogP contribution in [0.2, 0.25) is 0 Å². The Morgan fingerprint density at radius 3 is 2.47 bits per heavy atom. The standard InChI is InChI=1S/C24H25N5O3/c1-24(2,15-25)17-8-10-18(11-9-17)27-22(30)23(31)28-20(21-26-12-13-29(21)3)16-6-5-7-19(14-16)32-4/h5-14,20H,1-4H3,(H,27,30)(H,28,31). The predicted octanol–water partition coefficient (Wildman–Crippen LogP) is 3.07.